The van der Waals surface area contributed by atoms with Crippen molar-refractivity contribution >= 4 is 5.97 Å². The van der Waals surface area contributed by atoms with E-state index in [2.05, 4.69) is 4.74 Å². The fourth-order valence-electron chi connectivity index (χ4n) is 0.752. The van der Waals surface area contributed by atoms with Gasteiger partial charge in [0.25, 0.3) is 0 Å². The molecule has 0 bridgehead atoms. The fraction of sp³-hybridized carbons (Fsp3) is 0.857. The van der Waals surface area contributed by atoms with Crippen LogP contribution < -0.4 is 0 Å². The zero-order chi connectivity index (χ0) is 9.78. The fourth-order valence-corrected chi connectivity index (χ4v) is 0.752. The number of hydrogen-bond donors (Lipinski definition) is 0. The smallest absolute Gasteiger partial charge is 0.425 e. The summed E-state index contributed by atoms with van der Waals surface area (Å²) in [6, 6.07) is 0. The van der Waals surface area contributed by atoms with Crippen molar-refractivity contribution in [1.29, 1.82) is 0 Å². The number of carbonyl (C=O) groups excluding carboxylic acids is 1. The molecule has 0 spiro atoms. The molecule has 0 aliphatic carbocycles. The standard InChI is InChI=1S/C7H11F3O2/c1-3-4-6(7(8,9)10)12-5(2)11/h6H,3-4H2,1-2H3. The predicted octanol–water partition coefficient (Wildman–Crippen LogP) is 2.28. The molecule has 0 heterocycles. The van der Waals surface area contributed by atoms with E-state index in [-0.39, 0.29) is 6.42 Å². The van der Waals surface area contributed by atoms with Gasteiger partial charge >= 0.3 is 12.1 Å². The van der Waals surface area contributed by atoms with Crippen LogP contribution in [0, 0.1) is 0 Å². The summed E-state index contributed by atoms with van der Waals surface area (Å²) in [5.41, 5.74) is 0. The Balaban J connectivity index is 4.13. The minimum atomic E-state index is -4.44. The van der Waals surface area contributed by atoms with Crippen LogP contribution in [0.2, 0.25) is 0 Å². The Hall–Kier alpha value is -0.740. The highest BCUT2D eigenvalue weighted by Gasteiger charge is 2.41. The second kappa shape index (κ2) is 4.33. The van der Waals surface area contributed by atoms with Crippen LogP contribution in [-0.2, 0) is 9.53 Å². The van der Waals surface area contributed by atoms with E-state index < -0.39 is 18.2 Å². The Kier molecular flexibility index (Phi) is 4.06. The highest BCUT2D eigenvalue weighted by Crippen LogP contribution is 2.26. The number of rotatable bonds is 3. The van der Waals surface area contributed by atoms with Crippen LogP contribution in [0.5, 0.6) is 0 Å². The molecule has 1 atom stereocenters. The molecule has 72 valence electrons. The Morgan fingerprint density at radius 1 is 1.50 bits per heavy atom. The molecule has 5 heteroatoms. The first kappa shape index (κ1) is 11.3. The van der Waals surface area contributed by atoms with E-state index in [4.69, 9.17) is 0 Å². The molecule has 0 aliphatic heterocycles. The SMILES string of the molecule is CCCC(OC(C)=O)C(F)(F)F. The van der Waals surface area contributed by atoms with Crippen LogP contribution in [0.4, 0.5) is 13.2 Å². The first-order valence-electron chi connectivity index (χ1n) is 3.61. The Bertz CT molecular complexity index is 153. The van der Waals surface area contributed by atoms with E-state index in [0.29, 0.717) is 6.42 Å². The van der Waals surface area contributed by atoms with Crippen LogP contribution in [0.3, 0.4) is 0 Å². The quantitative estimate of drug-likeness (QED) is 0.629. The van der Waals surface area contributed by atoms with E-state index in [1.807, 2.05) is 0 Å². The molecular weight excluding hydrogens is 173 g/mol. The monoisotopic (exact) mass is 184 g/mol. The lowest BCUT2D eigenvalue weighted by atomic mass is 10.2. The van der Waals surface area contributed by atoms with Gasteiger partial charge in [0.05, 0.1) is 0 Å². The molecule has 0 N–H and O–H groups in total. The van der Waals surface area contributed by atoms with Crippen LogP contribution >= 0.6 is 0 Å². The average molecular weight is 184 g/mol. The summed E-state index contributed by atoms with van der Waals surface area (Å²) >= 11 is 0. The topological polar surface area (TPSA) is 26.3 Å². The third-order valence-electron chi connectivity index (χ3n) is 1.22. The van der Waals surface area contributed by atoms with Gasteiger partial charge in [-0.2, -0.15) is 13.2 Å². The van der Waals surface area contributed by atoms with Crippen molar-refractivity contribution in [2.24, 2.45) is 0 Å². The predicted molar refractivity (Wildman–Crippen MR) is 36.5 cm³/mol. The summed E-state index contributed by atoms with van der Waals surface area (Å²) in [5.74, 6) is -0.897. The van der Waals surface area contributed by atoms with E-state index in [0.717, 1.165) is 6.92 Å². The van der Waals surface area contributed by atoms with Crippen molar-refractivity contribution in [3.63, 3.8) is 0 Å². The molecular formula is C7H11F3O2. The van der Waals surface area contributed by atoms with Gasteiger partial charge in [0.1, 0.15) is 0 Å². The van der Waals surface area contributed by atoms with Gasteiger partial charge in [-0.3, -0.25) is 4.79 Å². The summed E-state index contributed by atoms with van der Waals surface area (Å²) in [7, 11) is 0. The number of halogens is 3. The van der Waals surface area contributed by atoms with E-state index in [1.165, 1.54) is 0 Å². The molecule has 0 saturated carbocycles. The van der Waals surface area contributed by atoms with Crippen molar-refractivity contribution in [2.45, 2.75) is 39.0 Å². The molecule has 0 radical (unpaired) electrons. The zero-order valence-electron chi connectivity index (χ0n) is 6.94. The molecule has 0 amide bonds. The van der Waals surface area contributed by atoms with Crippen molar-refractivity contribution in [1.82, 2.24) is 0 Å². The van der Waals surface area contributed by atoms with Crippen LogP contribution in [0.25, 0.3) is 0 Å². The summed E-state index contributed by atoms with van der Waals surface area (Å²) in [6.45, 7) is 2.57. The molecule has 0 fully saturated rings. The van der Waals surface area contributed by atoms with Crippen molar-refractivity contribution in [2.75, 3.05) is 0 Å². The van der Waals surface area contributed by atoms with Crippen LogP contribution in [0.1, 0.15) is 26.7 Å². The number of hydrogen-bond acceptors (Lipinski definition) is 2. The molecule has 0 saturated heterocycles. The Morgan fingerprint density at radius 2 is 2.00 bits per heavy atom. The summed E-state index contributed by atoms with van der Waals surface area (Å²) in [4.78, 5) is 10.3. The van der Waals surface area contributed by atoms with E-state index in [1.54, 1.807) is 6.92 Å². The average Bonchev–Trinajstić information content (AvgIpc) is 1.83. The van der Waals surface area contributed by atoms with E-state index in [9.17, 15) is 18.0 Å². The summed E-state index contributed by atoms with van der Waals surface area (Å²) in [5, 5.41) is 0. The molecule has 1 unspecified atom stereocenters. The minimum absolute atomic E-state index is 0.178. The van der Waals surface area contributed by atoms with Gasteiger partial charge in [-0.25, -0.2) is 0 Å². The lowest BCUT2D eigenvalue weighted by Crippen LogP contribution is -2.32. The maximum atomic E-state index is 12.0. The normalized spacial score (nSPS) is 14.1. The van der Waals surface area contributed by atoms with Gasteiger partial charge < -0.3 is 4.74 Å². The molecule has 2 nitrogen and oxygen atoms in total. The first-order chi connectivity index (χ1) is 5.38. The Morgan fingerprint density at radius 3 is 2.25 bits per heavy atom. The second-order valence-electron chi connectivity index (χ2n) is 2.43. The lowest BCUT2D eigenvalue weighted by molar-refractivity contribution is -0.221. The van der Waals surface area contributed by atoms with Crippen molar-refractivity contribution in [3.05, 3.63) is 0 Å². The third-order valence-corrected chi connectivity index (χ3v) is 1.22. The van der Waals surface area contributed by atoms with Gasteiger partial charge in [0.15, 0.2) is 6.10 Å². The Labute approximate surface area is 68.7 Å². The highest BCUT2D eigenvalue weighted by molar-refractivity contribution is 5.66. The van der Waals surface area contributed by atoms with Crippen molar-refractivity contribution < 1.29 is 22.7 Å². The van der Waals surface area contributed by atoms with Crippen LogP contribution in [0.15, 0.2) is 0 Å². The molecule has 0 aromatic carbocycles. The summed E-state index contributed by atoms with van der Waals surface area (Å²) < 4.78 is 40.1. The molecule has 0 aliphatic rings. The summed E-state index contributed by atoms with van der Waals surface area (Å²) in [6.07, 6.45) is -6.23. The van der Waals surface area contributed by atoms with E-state index >= 15 is 0 Å². The lowest BCUT2D eigenvalue weighted by Gasteiger charge is -2.18. The largest absolute Gasteiger partial charge is 0.453 e. The third kappa shape index (κ3) is 4.20. The maximum absolute atomic E-state index is 12.0. The molecule has 0 aromatic heterocycles. The van der Waals surface area contributed by atoms with Gasteiger partial charge in [0, 0.05) is 6.92 Å². The minimum Gasteiger partial charge on any atom is -0.453 e. The van der Waals surface area contributed by atoms with Crippen molar-refractivity contribution in [3.8, 4) is 0 Å². The van der Waals surface area contributed by atoms with Gasteiger partial charge in [0.2, 0.25) is 0 Å². The van der Waals surface area contributed by atoms with Gasteiger partial charge in [-0.1, -0.05) is 13.3 Å². The first-order valence-corrected chi connectivity index (χ1v) is 3.61. The van der Waals surface area contributed by atoms with Gasteiger partial charge in [-0.15, -0.1) is 0 Å². The second-order valence-corrected chi connectivity index (χ2v) is 2.43. The molecule has 0 rings (SSSR count). The zero-order valence-corrected chi connectivity index (χ0v) is 6.94. The molecule has 12 heavy (non-hydrogen) atoms. The molecule has 0 aromatic rings. The number of esters is 1. The maximum Gasteiger partial charge on any atom is 0.425 e. The number of ether oxygens (including phenoxy) is 1. The highest BCUT2D eigenvalue weighted by atomic mass is 19.4. The van der Waals surface area contributed by atoms with Crippen LogP contribution in [-0.4, -0.2) is 18.2 Å². The van der Waals surface area contributed by atoms with Gasteiger partial charge in [-0.05, 0) is 6.42 Å². The number of carbonyl (C=O) groups is 1. The number of alkyl halides is 3.